The second-order valence-electron chi connectivity index (χ2n) is 5.85. The van der Waals surface area contributed by atoms with Crippen molar-refractivity contribution >= 4 is 0 Å². The standard InChI is InChI=1S/C17H22O3/c1-16(2)14-17(18,10-12-20-16)9-6-11-19-13-15-7-4-3-5-8-15/h3-5,7-8,18H,10-14H2,1-2H3. The highest BCUT2D eigenvalue weighted by Gasteiger charge is 2.38. The van der Waals surface area contributed by atoms with Crippen LogP contribution in [0.2, 0.25) is 0 Å². The van der Waals surface area contributed by atoms with Crippen molar-refractivity contribution in [2.75, 3.05) is 13.2 Å². The third-order valence-corrected chi connectivity index (χ3v) is 3.33. The highest BCUT2D eigenvalue weighted by atomic mass is 16.5. The van der Waals surface area contributed by atoms with E-state index < -0.39 is 5.60 Å². The molecule has 1 saturated heterocycles. The summed E-state index contributed by atoms with van der Waals surface area (Å²) >= 11 is 0. The second-order valence-corrected chi connectivity index (χ2v) is 5.85. The highest BCUT2D eigenvalue weighted by molar-refractivity contribution is 5.17. The first-order valence-electron chi connectivity index (χ1n) is 6.97. The molecule has 1 heterocycles. The van der Waals surface area contributed by atoms with E-state index in [-0.39, 0.29) is 5.60 Å². The lowest BCUT2D eigenvalue weighted by Gasteiger charge is -2.38. The van der Waals surface area contributed by atoms with E-state index in [2.05, 4.69) is 11.8 Å². The van der Waals surface area contributed by atoms with Gasteiger partial charge in [0.15, 0.2) is 0 Å². The molecule has 0 amide bonds. The molecule has 1 aromatic rings. The molecule has 1 fully saturated rings. The smallest absolute Gasteiger partial charge is 0.130 e. The summed E-state index contributed by atoms with van der Waals surface area (Å²) in [5, 5.41) is 10.4. The van der Waals surface area contributed by atoms with Crippen LogP contribution in [0.5, 0.6) is 0 Å². The lowest BCUT2D eigenvalue weighted by Crippen LogP contribution is -2.44. The largest absolute Gasteiger partial charge is 0.377 e. The van der Waals surface area contributed by atoms with E-state index >= 15 is 0 Å². The third kappa shape index (κ3) is 4.64. The van der Waals surface area contributed by atoms with E-state index in [0.29, 0.717) is 32.7 Å². The number of ether oxygens (including phenoxy) is 2. The van der Waals surface area contributed by atoms with E-state index in [9.17, 15) is 5.11 Å². The molecule has 3 nitrogen and oxygen atoms in total. The van der Waals surface area contributed by atoms with Gasteiger partial charge in [0.05, 0.1) is 18.8 Å². The molecule has 1 aromatic carbocycles. The highest BCUT2D eigenvalue weighted by Crippen LogP contribution is 2.31. The van der Waals surface area contributed by atoms with Crippen molar-refractivity contribution < 1.29 is 14.6 Å². The summed E-state index contributed by atoms with van der Waals surface area (Å²) in [4.78, 5) is 0. The molecule has 2 rings (SSSR count). The number of aliphatic hydroxyl groups is 1. The molecule has 108 valence electrons. The van der Waals surface area contributed by atoms with Gasteiger partial charge < -0.3 is 14.6 Å². The summed E-state index contributed by atoms with van der Waals surface area (Å²) in [5.41, 5.74) is -0.134. The third-order valence-electron chi connectivity index (χ3n) is 3.33. The molecule has 3 heteroatoms. The van der Waals surface area contributed by atoms with Gasteiger partial charge in [-0.3, -0.25) is 0 Å². The van der Waals surface area contributed by atoms with Crippen LogP contribution < -0.4 is 0 Å². The van der Waals surface area contributed by atoms with Gasteiger partial charge in [-0.05, 0) is 19.4 Å². The Kier molecular flexibility index (Phi) is 4.82. The molecule has 20 heavy (non-hydrogen) atoms. The van der Waals surface area contributed by atoms with Crippen LogP contribution in [0.1, 0.15) is 32.3 Å². The number of benzene rings is 1. The van der Waals surface area contributed by atoms with Gasteiger partial charge in [0, 0.05) is 12.8 Å². The Balaban J connectivity index is 1.79. The Bertz CT molecular complexity index is 484. The maximum absolute atomic E-state index is 10.4. The zero-order valence-corrected chi connectivity index (χ0v) is 12.2. The van der Waals surface area contributed by atoms with E-state index in [1.807, 2.05) is 44.2 Å². The van der Waals surface area contributed by atoms with Gasteiger partial charge in [0.25, 0.3) is 0 Å². The van der Waals surface area contributed by atoms with E-state index in [0.717, 1.165) is 5.56 Å². The maximum Gasteiger partial charge on any atom is 0.130 e. The SMILES string of the molecule is CC1(C)CC(O)(C#CCOCc2ccccc2)CCO1. The normalized spacial score (nSPS) is 24.8. The van der Waals surface area contributed by atoms with Gasteiger partial charge in [0.1, 0.15) is 12.2 Å². The Morgan fingerprint density at radius 2 is 2.05 bits per heavy atom. The van der Waals surface area contributed by atoms with Gasteiger partial charge in [-0.1, -0.05) is 42.2 Å². The molecule has 1 aliphatic heterocycles. The monoisotopic (exact) mass is 274 g/mol. The fourth-order valence-corrected chi connectivity index (χ4v) is 2.44. The van der Waals surface area contributed by atoms with Crippen LogP contribution in [-0.4, -0.2) is 29.5 Å². The molecular formula is C17H22O3. The van der Waals surface area contributed by atoms with Gasteiger partial charge >= 0.3 is 0 Å². The molecule has 0 radical (unpaired) electrons. The van der Waals surface area contributed by atoms with Crippen LogP contribution in [0, 0.1) is 11.8 Å². The van der Waals surface area contributed by atoms with Crippen molar-refractivity contribution in [1.82, 2.24) is 0 Å². The zero-order chi connectivity index (χ0) is 14.5. The molecule has 1 unspecified atom stereocenters. The van der Waals surface area contributed by atoms with Crippen LogP contribution in [-0.2, 0) is 16.1 Å². The minimum Gasteiger partial charge on any atom is -0.377 e. The van der Waals surface area contributed by atoms with Gasteiger partial charge in [-0.15, -0.1) is 0 Å². The predicted molar refractivity (Wildman–Crippen MR) is 78.1 cm³/mol. The molecule has 0 saturated carbocycles. The predicted octanol–water partition coefficient (Wildman–Crippen LogP) is 2.53. The zero-order valence-electron chi connectivity index (χ0n) is 12.2. The lowest BCUT2D eigenvalue weighted by molar-refractivity contribution is -0.121. The lowest BCUT2D eigenvalue weighted by atomic mass is 9.85. The van der Waals surface area contributed by atoms with Crippen molar-refractivity contribution in [3.05, 3.63) is 35.9 Å². The summed E-state index contributed by atoms with van der Waals surface area (Å²) in [5.74, 6) is 5.87. The second kappa shape index (κ2) is 6.41. The Labute approximate surface area is 120 Å². The van der Waals surface area contributed by atoms with Crippen molar-refractivity contribution in [1.29, 1.82) is 0 Å². The fourth-order valence-electron chi connectivity index (χ4n) is 2.44. The average molecular weight is 274 g/mol. The molecule has 1 N–H and O–H groups in total. The average Bonchev–Trinajstić information content (AvgIpc) is 2.38. The van der Waals surface area contributed by atoms with Gasteiger partial charge in [0.2, 0.25) is 0 Å². The molecule has 0 aromatic heterocycles. The first-order valence-corrected chi connectivity index (χ1v) is 6.97. The Morgan fingerprint density at radius 1 is 1.30 bits per heavy atom. The minimum absolute atomic E-state index is 0.313. The summed E-state index contributed by atoms with van der Waals surface area (Å²) in [7, 11) is 0. The van der Waals surface area contributed by atoms with Crippen LogP contribution in [0.3, 0.4) is 0 Å². The molecule has 1 aliphatic rings. The topological polar surface area (TPSA) is 38.7 Å². The molecule has 0 spiro atoms. The molecule has 0 aliphatic carbocycles. The van der Waals surface area contributed by atoms with Crippen molar-refractivity contribution in [3.8, 4) is 11.8 Å². The summed E-state index contributed by atoms with van der Waals surface area (Å²) in [6.07, 6.45) is 1.09. The van der Waals surface area contributed by atoms with E-state index in [1.54, 1.807) is 0 Å². The number of hydrogen-bond acceptors (Lipinski definition) is 3. The maximum atomic E-state index is 10.4. The number of rotatable bonds is 3. The van der Waals surface area contributed by atoms with Crippen LogP contribution in [0.4, 0.5) is 0 Å². The van der Waals surface area contributed by atoms with Gasteiger partial charge in [-0.25, -0.2) is 0 Å². The van der Waals surface area contributed by atoms with E-state index in [1.165, 1.54) is 0 Å². The summed E-state index contributed by atoms with van der Waals surface area (Å²) < 4.78 is 11.1. The molecule has 1 atom stereocenters. The minimum atomic E-state index is -0.947. The molecular weight excluding hydrogens is 252 g/mol. The Hall–Kier alpha value is -1.34. The van der Waals surface area contributed by atoms with Crippen molar-refractivity contribution in [2.24, 2.45) is 0 Å². The van der Waals surface area contributed by atoms with Crippen molar-refractivity contribution in [2.45, 2.75) is 44.5 Å². The van der Waals surface area contributed by atoms with Crippen LogP contribution in [0.15, 0.2) is 30.3 Å². The fraction of sp³-hybridized carbons (Fsp3) is 0.529. The van der Waals surface area contributed by atoms with Crippen LogP contribution >= 0.6 is 0 Å². The summed E-state index contributed by atoms with van der Waals surface area (Å²) in [6.45, 7) is 5.37. The first-order chi connectivity index (χ1) is 9.49. The molecule has 0 bridgehead atoms. The Morgan fingerprint density at radius 3 is 2.75 bits per heavy atom. The summed E-state index contributed by atoms with van der Waals surface area (Å²) in [6, 6.07) is 9.98. The number of hydrogen-bond donors (Lipinski definition) is 1. The van der Waals surface area contributed by atoms with Crippen LogP contribution in [0.25, 0.3) is 0 Å². The van der Waals surface area contributed by atoms with E-state index in [4.69, 9.17) is 9.47 Å². The first kappa shape index (κ1) is 15.1. The van der Waals surface area contributed by atoms with Gasteiger partial charge in [-0.2, -0.15) is 0 Å². The van der Waals surface area contributed by atoms with Crippen molar-refractivity contribution in [3.63, 3.8) is 0 Å². The quantitative estimate of drug-likeness (QED) is 0.680.